The normalized spacial score (nSPS) is 11.6. The lowest BCUT2D eigenvalue weighted by Gasteiger charge is -2.19. The summed E-state index contributed by atoms with van der Waals surface area (Å²) in [6, 6.07) is 4.69. The Balaban J connectivity index is 2.40. The lowest BCUT2D eigenvalue weighted by atomic mass is 10.2. The van der Waals surface area contributed by atoms with E-state index in [2.05, 4.69) is 0 Å². The van der Waals surface area contributed by atoms with Gasteiger partial charge in [0.25, 0.3) is 0 Å². The van der Waals surface area contributed by atoms with Crippen molar-refractivity contribution in [2.75, 3.05) is 13.2 Å². The topological polar surface area (TPSA) is 44.5 Å². The molecule has 96 valence electrons. The minimum absolute atomic E-state index is 0.183. The van der Waals surface area contributed by atoms with E-state index in [0.29, 0.717) is 24.5 Å². The van der Waals surface area contributed by atoms with Gasteiger partial charge < -0.3 is 15.2 Å². The average molecular weight is 241 g/mol. The predicted molar refractivity (Wildman–Crippen MR) is 65.5 cm³/mol. The Hall–Kier alpha value is -1.13. The van der Waals surface area contributed by atoms with E-state index in [1.54, 1.807) is 12.1 Å². The van der Waals surface area contributed by atoms with Crippen LogP contribution in [0.4, 0.5) is 4.39 Å². The molecule has 0 aliphatic rings. The molecule has 0 amide bonds. The van der Waals surface area contributed by atoms with Gasteiger partial charge in [-0.15, -0.1) is 0 Å². The third-order valence-electron chi connectivity index (χ3n) is 2.13. The number of halogens is 1. The van der Waals surface area contributed by atoms with Crippen molar-refractivity contribution in [2.24, 2.45) is 5.73 Å². The summed E-state index contributed by atoms with van der Waals surface area (Å²) in [4.78, 5) is 0. The smallest absolute Gasteiger partial charge is 0.131 e. The van der Waals surface area contributed by atoms with Gasteiger partial charge >= 0.3 is 0 Å². The minimum atomic E-state index is -0.332. The highest BCUT2D eigenvalue weighted by atomic mass is 19.1. The fourth-order valence-electron chi connectivity index (χ4n) is 1.29. The van der Waals surface area contributed by atoms with Gasteiger partial charge in [-0.05, 0) is 26.8 Å². The first-order chi connectivity index (χ1) is 7.92. The first kappa shape index (κ1) is 13.9. The van der Waals surface area contributed by atoms with Crippen molar-refractivity contribution in [3.63, 3.8) is 0 Å². The summed E-state index contributed by atoms with van der Waals surface area (Å²) < 4.78 is 24.2. The number of nitrogens with two attached hydrogens (primary N) is 1. The van der Waals surface area contributed by atoms with Crippen molar-refractivity contribution < 1.29 is 13.9 Å². The van der Waals surface area contributed by atoms with Crippen LogP contribution in [0.15, 0.2) is 18.2 Å². The molecule has 0 aliphatic heterocycles. The second-order valence-corrected chi connectivity index (χ2v) is 4.77. The van der Waals surface area contributed by atoms with Crippen LogP contribution in [0.1, 0.15) is 26.3 Å². The Kier molecular flexibility index (Phi) is 4.90. The first-order valence-corrected chi connectivity index (χ1v) is 5.67. The third-order valence-corrected chi connectivity index (χ3v) is 2.13. The van der Waals surface area contributed by atoms with Crippen LogP contribution in [0.25, 0.3) is 0 Å². The maximum absolute atomic E-state index is 13.4. The molecule has 0 spiro atoms. The van der Waals surface area contributed by atoms with Gasteiger partial charge in [0.15, 0.2) is 0 Å². The zero-order valence-corrected chi connectivity index (χ0v) is 10.6. The van der Waals surface area contributed by atoms with Gasteiger partial charge in [0, 0.05) is 18.2 Å². The number of hydrogen-bond acceptors (Lipinski definition) is 3. The number of hydrogen-bond donors (Lipinski definition) is 1. The van der Waals surface area contributed by atoms with Crippen molar-refractivity contribution in [3.05, 3.63) is 29.6 Å². The van der Waals surface area contributed by atoms with Crippen LogP contribution in [-0.4, -0.2) is 18.8 Å². The van der Waals surface area contributed by atoms with Crippen LogP contribution in [0.2, 0.25) is 0 Å². The summed E-state index contributed by atoms with van der Waals surface area (Å²) in [5, 5.41) is 0. The van der Waals surface area contributed by atoms with Crippen LogP contribution >= 0.6 is 0 Å². The molecule has 0 saturated carbocycles. The summed E-state index contributed by atoms with van der Waals surface area (Å²) in [6.07, 6.45) is 0. The second kappa shape index (κ2) is 5.98. The van der Waals surface area contributed by atoms with Crippen molar-refractivity contribution in [3.8, 4) is 5.75 Å². The van der Waals surface area contributed by atoms with Crippen LogP contribution in [0.3, 0.4) is 0 Å². The van der Waals surface area contributed by atoms with Crippen LogP contribution in [-0.2, 0) is 11.3 Å². The SMILES string of the molecule is CC(C)(C)OCCOc1ccc(CN)c(F)c1. The Morgan fingerprint density at radius 3 is 2.47 bits per heavy atom. The Labute approximate surface area is 102 Å². The van der Waals surface area contributed by atoms with E-state index in [1.807, 2.05) is 20.8 Å². The first-order valence-electron chi connectivity index (χ1n) is 5.67. The molecule has 0 bridgehead atoms. The second-order valence-electron chi connectivity index (χ2n) is 4.77. The predicted octanol–water partition coefficient (Wildman–Crippen LogP) is 2.48. The molecule has 0 fully saturated rings. The molecule has 4 heteroatoms. The molecule has 1 rings (SSSR count). The van der Waals surface area contributed by atoms with Crippen LogP contribution in [0.5, 0.6) is 5.75 Å². The van der Waals surface area contributed by atoms with Crippen molar-refractivity contribution in [1.82, 2.24) is 0 Å². The van der Waals surface area contributed by atoms with Gasteiger partial charge in [-0.1, -0.05) is 6.07 Å². The zero-order valence-electron chi connectivity index (χ0n) is 10.6. The highest BCUT2D eigenvalue weighted by Crippen LogP contribution is 2.16. The molecule has 0 heterocycles. The van der Waals surface area contributed by atoms with Crippen molar-refractivity contribution in [2.45, 2.75) is 32.9 Å². The summed E-state index contributed by atoms with van der Waals surface area (Å²) in [7, 11) is 0. The fraction of sp³-hybridized carbons (Fsp3) is 0.538. The summed E-state index contributed by atoms with van der Waals surface area (Å²) in [5.74, 6) is 0.166. The highest BCUT2D eigenvalue weighted by Gasteiger charge is 2.09. The van der Waals surface area contributed by atoms with E-state index in [4.69, 9.17) is 15.2 Å². The monoisotopic (exact) mass is 241 g/mol. The molecule has 1 aromatic rings. The number of benzene rings is 1. The standard InChI is InChI=1S/C13H20FNO2/c1-13(2,3)17-7-6-16-11-5-4-10(9-15)12(14)8-11/h4-5,8H,6-7,9,15H2,1-3H3. The molecule has 17 heavy (non-hydrogen) atoms. The zero-order chi connectivity index (χ0) is 12.9. The quantitative estimate of drug-likeness (QED) is 0.805. The number of ether oxygens (including phenoxy) is 2. The summed E-state index contributed by atoms with van der Waals surface area (Å²) in [6.45, 7) is 7.00. The fourth-order valence-corrected chi connectivity index (χ4v) is 1.29. The van der Waals surface area contributed by atoms with Crippen LogP contribution in [0, 0.1) is 5.82 Å². The minimum Gasteiger partial charge on any atom is -0.491 e. The molecule has 0 atom stereocenters. The molecule has 0 saturated heterocycles. The molecule has 2 N–H and O–H groups in total. The Morgan fingerprint density at radius 1 is 1.24 bits per heavy atom. The average Bonchev–Trinajstić information content (AvgIpc) is 2.23. The van der Waals surface area contributed by atoms with E-state index >= 15 is 0 Å². The highest BCUT2D eigenvalue weighted by molar-refractivity contribution is 5.28. The number of rotatable bonds is 5. The van der Waals surface area contributed by atoms with Gasteiger partial charge in [-0.3, -0.25) is 0 Å². The Bertz CT molecular complexity index is 361. The van der Waals surface area contributed by atoms with Gasteiger partial charge in [-0.25, -0.2) is 4.39 Å². The maximum Gasteiger partial charge on any atom is 0.131 e. The van der Waals surface area contributed by atoms with Gasteiger partial charge in [-0.2, -0.15) is 0 Å². The molecule has 3 nitrogen and oxygen atoms in total. The van der Waals surface area contributed by atoms with Crippen LogP contribution < -0.4 is 10.5 Å². The van der Waals surface area contributed by atoms with Gasteiger partial charge in [0.2, 0.25) is 0 Å². The molecule has 0 radical (unpaired) electrons. The molecule has 0 unspecified atom stereocenters. The van der Waals surface area contributed by atoms with Crippen molar-refractivity contribution >= 4 is 0 Å². The lowest BCUT2D eigenvalue weighted by molar-refractivity contribution is -0.0163. The van der Waals surface area contributed by atoms with Gasteiger partial charge in [0.05, 0.1) is 12.2 Å². The molecular formula is C13H20FNO2. The lowest BCUT2D eigenvalue weighted by Crippen LogP contribution is -2.22. The van der Waals surface area contributed by atoms with E-state index < -0.39 is 0 Å². The maximum atomic E-state index is 13.4. The van der Waals surface area contributed by atoms with Crippen molar-refractivity contribution in [1.29, 1.82) is 0 Å². The van der Waals surface area contributed by atoms with E-state index in [-0.39, 0.29) is 18.0 Å². The van der Waals surface area contributed by atoms with E-state index in [9.17, 15) is 4.39 Å². The largest absolute Gasteiger partial charge is 0.491 e. The molecule has 0 aliphatic carbocycles. The molecule has 0 aromatic heterocycles. The molecular weight excluding hydrogens is 221 g/mol. The van der Waals surface area contributed by atoms with Gasteiger partial charge in [0.1, 0.15) is 18.2 Å². The van der Waals surface area contributed by atoms with E-state index in [1.165, 1.54) is 6.07 Å². The Morgan fingerprint density at radius 2 is 1.94 bits per heavy atom. The molecule has 1 aromatic carbocycles. The van der Waals surface area contributed by atoms with E-state index in [0.717, 1.165) is 0 Å². The third kappa shape index (κ3) is 5.15. The summed E-state index contributed by atoms with van der Waals surface area (Å²) >= 11 is 0. The summed E-state index contributed by atoms with van der Waals surface area (Å²) in [5.41, 5.74) is 5.68.